The molecule has 27 heavy (non-hydrogen) atoms. The summed E-state index contributed by atoms with van der Waals surface area (Å²) in [7, 11) is -3.70. The van der Waals surface area contributed by atoms with Crippen LogP contribution in [0.15, 0.2) is 48.5 Å². The minimum Gasteiger partial charge on any atom is -0.377 e. The van der Waals surface area contributed by atoms with Crippen LogP contribution in [0.25, 0.3) is 0 Å². The molecule has 1 aliphatic rings. The van der Waals surface area contributed by atoms with E-state index in [0.29, 0.717) is 36.6 Å². The molecule has 0 saturated carbocycles. The fourth-order valence-electron chi connectivity index (χ4n) is 2.93. The van der Waals surface area contributed by atoms with Crippen LogP contribution < -0.4 is 4.72 Å². The van der Waals surface area contributed by atoms with Gasteiger partial charge in [0.05, 0.1) is 25.0 Å². The number of halogens is 1. The standard InChI is InChI=1S/C19H21FN2O4S/c1-14-12-26-10-9-22(14)19(23)16-3-2-4-18(11-16)21-27(24,25)13-15-5-7-17(20)8-6-15/h2-8,11,14,21H,9-10,12-13H2,1H3. The maximum atomic E-state index is 13.0. The number of amides is 1. The minimum absolute atomic E-state index is 0.0370. The second-order valence-electron chi connectivity index (χ2n) is 6.49. The Bertz CT molecular complexity index is 916. The molecule has 6 nitrogen and oxygen atoms in total. The number of carbonyl (C=O) groups excluding carboxylic acids is 1. The van der Waals surface area contributed by atoms with Crippen LogP contribution in [-0.2, 0) is 20.5 Å². The van der Waals surface area contributed by atoms with Gasteiger partial charge in [-0.2, -0.15) is 0 Å². The van der Waals surface area contributed by atoms with Crippen LogP contribution in [0.2, 0.25) is 0 Å². The molecule has 3 rings (SSSR count). The van der Waals surface area contributed by atoms with E-state index in [-0.39, 0.29) is 17.7 Å². The van der Waals surface area contributed by atoms with E-state index in [1.54, 1.807) is 23.1 Å². The average Bonchev–Trinajstić information content (AvgIpc) is 2.63. The Kier molecular flexibility index (Phi) is 5.76. The van der Waals surface area contributed by atoms with Gasteiger partial charge in [-0.1, -0.05) is 18.2 Å². The maximum absolute atomic E-state index is 13.0. The molecule has 0 radical (unpaired) electrons. The molecule has 1 heterocycles. The van der Waals surface area contributed by atoms with E-state index in [4.69, 9.17) is 4.74 Å². The highest BCUT2D eigenvalue weighted by Gasteiger charge is 2.25. The Balaban J connectivity index is 1.73. The normalized spacial score (nSPS) is 17.6. The van der Waals surface area contributed by atoms with E-state index >= 15 is 0 Å². The number of nitrogens with zero attached hydrogens (tertiary/aromatic N) is 1. The number of nitrogens with one attached hydrogen (secondary N) is 1. The Labute approximate surface area is 158 Å². The predicted octanol–water partition coefficient (Wildman–Crippen LogP) is 2.63. The molecule has 2 aromatic carbocycles. The highest BCUT2D eigenvalue weighted by atomic mass is 32.2. The van der Waals surface area contributed by atoms with Crippen LogP contribution in [0, 0.1) is 5.82 Å². The van der Waals surface area contributed by atoms with Gasteiger partial charge in [-0.25, -0.2) is 12.8 Å². The molecule has 0 spiro atoms. The first-order chi connectivity index (χ1) is 12.8. The molecule has 1 unspecified atom stereocenters. The van der Waals surface area contributed by atoms with Crippen molar-refractivity contribution in [3.8, 4) is 0 Å². The molecule has 1 aliphatic heterocycles. The van der Waals surface area contributed by atoms with Gasteiger partial charge in [-0.15, -0.1) is 0 Å². The summed E-state index contributed by atoms with van der Waals surface area (Å²) in [5.41, 5.74) is 1.19. The lowest BCUT2D eigenvalue weighted by atomic mass is 10.1. The Morgan fingerprint density at radius 1 is 1.26 bits per heavy atom. The lowest BCUT2D eigenvalue weighted by Gasteiger charge is -2.33. The molecule has 1 amide bonds. The van der Waals surface area contributed by atoms with Gasteiger partial charge in [0.15, 0.2) is 0 Å². The number of sulfonamides is 1. The van der Waals surface area contributed by atoms with Crippen molar-refractivity contribution >= 4 is 21.6 Å². The highest BCUT2D eigenvalue weighted by Crippen LogP contribution is 2.18. The number of hydrogen-bond acceptors (Lipinski definition) is 4. The largest absolute Gasteiger partial charge is 0.377 e. The van der Waals surface area contributed by atoms with E-state index in [9.17, 15) is 17.6 Å². The van der Waals surface area contributed by atoms with Crippen LogP contribution in [-0.4, -0.2) is 45.0 Å². The minimum atomic E-state index is -3.70. The first-order valence-corrected chi connectivity index (χ1v) is 10.2. The van der Waals surface area contributed by atoms with Gasteiger partial charge in [0.1, 0.15) is 5.82 Å². The number of rotatable bonds is 5. The number of hydrogen-bond donors (Lipinski definition) is 1. The molecule has 0 aromatic heterocycles. The first-order valence-electron chi connectivity index (χ1n) is 8.58. The highest BCUT2D eigenvalue weighted by molar-refractivity contribution is 7.91. The zero-order chi connectivity index (χ0) is 19.4. The second kappa shape index (κ2) is 8.06. The zero-order valence-electron chi connectivity index (χ0n) is 14.9. The predicted molar refractivity (Wildman–Crippen MR) is 100 cm³/mol. The quantitative estimate of drug-likeness (QED) is 0.849. The fraction of sp³-hybridized carbons (Fsp3) is 0.316. The summed E-state index contributed by atoms with van der Waals surface area (Å²) in [5, 5.41) is 0. The van der Waals surface area contributed by atoms with E-state index in [0.717, 1.165) is 0 Å². The molecule has 2 aromatic rings. The van der Waals surface area contributed by atoms with E-state index in [1.807, 2.05) is 6.92 Å². The number of ether oxygens (including phenoxy) is 1. The Hall–Kier alpha value is -2.45. The third-order valence-corrected chi connectivity index (χ3v) is 5.54. The smallest absolute Gasteiger partial charge is 0.254 e. The van der Waals surface area contributed by atoms with E-state index in [1.165, 1.54) is 30.3 Å². The van der Waals surface area contributed by atoms with E-state index in [2.05, 4.69) is 4.72 Å². The summed E-state index contributed by atoms with van der Waals surface area (Å²) in [4.78, 5) is 14.4. The van der Waals surface area contributed by atoms with Crippen LogP contribution in [0.5, 0.6) is 0 Å². The molecule has 144 valence electrons. The molecule has 0 aliphatic carbocycles. The number of anilines is 1. The number of benzene rings is 2. The third-order valence-electron chi connectivity index (χ3n) is 4.28. The maximum Gasteiger partial charge on any atom is 0.254 e. The van der Waals surface area contributed by atoms with Crippen molar-refractivity contribution in [2.75, 3.05) is 24.5 Å². The van der Waals surface area contributed by atoms with Crippen molar-refractivity contribution in [3.63, 3.8) is 0 Å². The lowest BCUT2D eigenvalue weighted by molar-refractivity contribution is 0.00360. The van der Waals surface area contributed by atoms with Crippen molar-refractivity contribution in [2.24, 2.45) is 0 Å². The molecular formula is C19H21FN2O4S. The first kappa shape index (κ1) is 19.3. The van der Waals surface area contributed by atoms with Gasteiger partial charge >= 0.3 is 0 Å². The van der Waals surface area contributed by atoms with Gasteiger partial charge in [0.25, 0.3) is 5.91 Å². The average molecular weight is 392 g/mol. The van der Waals surface area contributed by atoms with Crippen LogP contribution in [0.3, 0.4) is 0 Å². The van der Waals surface area contributed by atoms with Gasteiger partial charge in [0, 0.05) is 17.8 Å². The Morgan fingerprint density at radius 2 is 2.00 bits per heavy atom. The topological polar surface area (TPSA) is 75.7 Å². The summed E-state index contributed by atoms with van der Waals surface area (Å²) in [6.07, 6.45) is 0. The van der Waals surface area contributed by atoms with Crippen LogP contribution in [0.1, 0.15) is 22.8 Å². The summed E-state index contributed by atoms with van der Waals surface area (Å²) in [5.74, 6) is -0.871. The van der Waals surface area contributed by atoms with Gasteiger partial charge in [-0.3, -0.25) is 9.52 Å². The van der Waals surface area contributed by atoms with Gasteiger partial charge in [0.2, 0.25) is 10.0 Å². The molecule has 1 N–H and O–H groups in total. The number of morpholine rings is 1. The fourth-order valence-corrected chi connectivity index (χ4v) is 4.12. The molecule has 0 bridgehead atoms. The Morgan fingerprint density at radius 3 is 2.70 bits per heavy atom. The summed E-state index contributed by atoms with van der Waals surface area (Å²) in [6, 6.07) is 11.6. The molecule has 1 saturated heterocycles. The van der Waals surface area contributed by atoms with Crippen molar-refractivity contribution < 1.29 is 22.3 Å². The second-order valence-corrected chi connectivity index (χ2v) is 8.21. The van der Waals surface area contributed by atoms with E-state index < -0.39 is 15.8 Å². The SMILES string of the molecule is CC1COCCN1C(=O)c1cccc(NS(=O)(=O)Cc2ccc(F)cc2)c1. The van der Waals surface area contributed by atoms with Crippen LogP contribution in [0.4, 0.5) is 10.1 Å². The summed E-state index contributed by atoms with van der Waals surface area (Å²) in [6.45, 7) is 3.38. The van der Waals surface area contributed by atoms with Gasteiger partial charge < -0.3 is 9.64 Å². The van der Waals surface area contributed by atoms with Crippen molar-refractivity contribution in [2.45, 2.75) is 18.7 Å². The summed E-state index contributed by atoms with van der Waals surface area (Å²) >= 11 is 0. The summed E-state index contributed by atoms with van der Waals surface area (Å²) < 4.78 is 45.5. The number of carbonyl (C=O) groups is 1. The monoisotopic (exact) mass is 392 g/mol. The molecule has 1 fully saturated rings. The van der Waals surface area contributed by atoms with Crippen molar-refractivity contribution in [1.29, 1.82) is 0 Å². The molecular weight excluding hydrogens is 371 g/mol. The lowest BCUT2D eigenvalue weighted by Crippen LogP contribution is -2.47. The molecule has 8 heteroatoms. The van der Waals surface area contributed by atoms with Gasteiger partial charge in [-0.05, 0) is 42.8 Å². The zero-order valence-corrected chi connectivity index (χ0v) is 15.7. The van der Waals surface area contributed by atoms with Crippen molar-refractivity contribution in [3.05, 3.63) is 65.5 Å². The van der Waals surface area contributed by atoms with Crippen molar-refractivity contribution in [1.82, 2.24) is 4.90 Å². The molecule has 1 atom stereocenters. The third kappa shape index (κ3) is 5.05. The van der Waals surface area contributed by atoms with Crippen LogP contribution >= 0.6 is 0 Å².